The molecule has 0 amide bonds. The number of rotatable bonds is 6. The van der Waals surface area contributed by atoms with E-state index in [0.717, 1.165) is 16.5 Å². The number of hydrogen-bond donors (Lipinski definition) is 1. The Morgan fingerprint density at radius 1 is 0.882 bits per heavy atom. The van der Waals surface area contributed by atoms with Gasteiger partial charge in [-0.3, -0.25) is 29.6 Å². The molecule has 0 aliphatic carbocycles. The lowest BCUT2D eigenvalue weighted by molar-refractivity contribution is -0.385. The average molecular weight is 473 g/mol. The summed E-state index contributed by atoms with van der Waals surface area (Å²) in [5.74, 6) is 0.408. The lowest BCUT2D eigenvalue weighted by atomic mass is 10.2. The summed E-state index contributed by atoms with van der Waals surface area (Å²) >= 11 is 1.29. The van der Waals surface area contributed by atoms with Crippen molar-refractivity contribution in [2.24, 2.45) is 0 Å². The number of fused-ring (bicyclic) bond motifs is 3. The van der Waals surface area contributed by atoms with Crippen LogP contribution in [0, 0.1) is 20.2 Å². The topological polar surface area (TPSA) is 137 Å². The van der Waals surface area contributed by atoms with Crippen LogP contribution < -0.4 is 5.56 Å². The predicted molar refractivity (Wildman–Crippen MR) is 129 cm³/mol. The number of thioether (sulfide) groups is 1. The summed E-state index contributed by atoms with van der Waals surface area (Å²) in [6, 6.07) is 19.3. The van der Waals surface area contributed by atoms with Crippen LogP contribution in [0.1, 0.15) is 5.56 Å². The fourth-order valence-electron chi connectivity index (χ4n) is 3.65. The van der Waals surface area contributed by atoms with Gasteiger partial charge in [0.2, 0.25) is 0 Å². The zero-order valence-corrected chi connectivity index (χ0v) is 18.2. The molecule has 2 aromatic heterocycles. The standard InChI is InChI=1S/C23H15N5O5S/c29-22-21-20(18-3-1-2-4-19(18)24-21)25-23(26(22)15-9-11-17(12-10-15)28(32)33)34-13-14-5-7-16(8-6-14)27(30)31/h1-12,24H,13H2. The number of non-ortho nitro benzene ring substituents is 2. The van der Waals surface area contributed by atoms with Gasteiger partial charge in [-0.25, -0.2) is 4.98 Å². The van der Waals surface area contributed by atoms with Gasteiger partial charge in [0.1, 0.15) is 11.0 Å². The molecule has 5 rings (SSSR count). The number of nitrogens with one attached hydrogen (secondary N) is 1. The Balaban J connectivity index is 1.63. The van der Waals surface area contributed by atoms with Crippen LogP contribution in [0.25, 0.3) is 27.6 Å². The van der Waals surface area contributed by atoms with Crippen LogP contribution in [0.5, 0.6) is 0 Å². The molecule has 3 aromatic carbocycles. The zero-order valence-electron chi connectivity index (χ0n) is 17.4. The van der Waals surface area contributed by atoms with E-state index in [2.05, 4.69) is 4.98 Å². The third-order valence-electron chi connectivity index (χ3n) is 5.33. The van der Waals surface area contributed by atoms with Crippen molar-refractivity contribution in [1.29, 1.82) is 0 Å². The summed E-state index contributed by atoms with van der Waals surface area (Å²) in [6.07, 6.45) is 0. The lowest BCUT2D eigenvalue weighted by Crippen LogP contribution is -2.21. The maximum absolute atomic E-state index is 13.5. The fourth-order valence-corrected chi connectivity index (χ4v) is 4.61. The van der Waals surface area contributed by atoms with Crippen molar-refractivity contribution in [2.75, 3.05) is 0 Å². The molecule has 11 heteroatoms. The highest BCUT2D eigenvalue weighted by molar-refractivity contribution is 7.98. The monoisotopic (exact) mass is 473 g/mol. The van der Waals surface area contributed by atoms with Crippen molar-refractivity contribution in [2.45, 2.75) is 10.9 Å². The van der Waals surface area contributed by atoms with Crippen molar-refractivity contribution in [1.82, 2.24) is 14.5 Å². The first-order valence-electron chi connectivity index (χ1n) is 10.1. The van der Waals surface area contributed by atoms with Gasteiger partial charge in [-0.15, -0.1) is 0 Å². The number of nitro groups is 2. The number of nitrogens with zero attached hydrogens (tertiary/aromatic N) is 4. The van der Waals surface area contributed by atoms with Crippen LogP contribution in [0.3, 0.4) is 0 Å². The van der Waals surface area contributed by atoms with Crippen LogP contribution >= 0.6 is 11.8 Å². The minimum atomic E-state index is -0.504. The Morgan fingerprint density at radius 2 is 1.50 bits per heavy atom. The fraction of sp³-hybridized carbons (Fsp3) is 0.0435. The van der Waals surface area contributed by atoms with Gasteiger partial charge >= 0.3 is 0 Å². The molecular weight excluding hydrogens is 458 g/mol. The highest BCUT2D eigenvalue weighted by Crippen LogP contribution is 2.29. The van der Waals surface area contributed by atoms with Gasteiger partial charge < -0.3 is 4.98 Å². The molecule has 0 radical (unpaired) electrons. The zero-order chi connectivity index (χ0) is 23.8. The van der Waals surface area contributed by atoms with Gasteiger partial charge in [-0.2, -0.15) is 0 Å². The van der Waals surface area contributed by atoms with Crippen LogP contribution in [0.4, 0.5) is 11.4 Å². The summed E-state index contributed by atoms with van der Waals surface area (Å²) < 4.78 is 1.41. The van der Waals surface area contributed by atoms with E-state index in [1.54, 1.807) is 12.1 Å². The number of aromatic amines is 1. The molecule has 0 aliphatic heterocycles. The predicted octanol–water partition coefficient (Wildman–Crippen LogP) is 4.98. The maximum Gasteiger partial charge on any atom is 0.283 e. The van der Waals surface area contributed by atoms with Gasteiger partial charge in [0, 0.05) is 40.9 Å². The van der Waals surface area contributed by atoms with Gasteiger partial charge in [0.15, 0.2) is 5.16 Å². The van der Waals surface area contributed by atoms with Gasteiger partial charge in [0.25, 0.3) is 16.9 Å². The lowest BCUT2D eigenvalue weighted by Gasteiger charge is -2.12. The summed E-state index contributed by atoms with van der Waals surface area (Å²) in [5, 5.41) is 23.2. The first-order valence-corrected chi connectivity index (χ1v) is 11.1. The quantitative estimate of drug-likeness (QED) is 0.159. The average Bonchev–Trinajstić information content (AvgIpc) is 3.22. The molecular formula is C23H15N5O5S. The Bertz CT molecular complexity index is 1620. The Kier molecular flexibility index (Phi) is 5.30. The Morgan fingerprint density at radius 3 is 2.15 bits per heavy atom. The molecule has 0 fully saturated rings. The summed E-state index contributed by atoms with van der Waals surface area (Å²) in [4.78, 5) is 42.4. The van der Waals surface area contributed by atoms with E-state index in [9.17, 15) is 25.0 Å². The van der Waals surface area contributed by atoms with E-state index in [1.807, 2.05) is 24.3 Å². The molecule has 0 saturated heterocycles. The van der Waals surface area contributed by atoms with E-state index < -0.39 is 9.85 Å². The van der Waals surface area contributed by atoms with Crippen molar-refractivity contribution in [3.05, 3.63) is 109 Å². The molecule has 5 aromatic rings. The number of para-hydroxylation sites is 1. The van der Waals surface area contributed by atoms with E-state index >= 15 is 0 Å². The van der Waals surface area contributed by atoms with Crippen LogP contribution in [0.2, 0.25) is 0 Å². The first kappa shape index (κ1) is 21.3. The molecule has 0 bridgehead atoms. The Labute approximate surface area is 195 Å². The Hall–Kier alpha value is -4.51. The second kappa shape index (κ2) is 8.45. The van der Waals surface area contributed by atoms with Crippen LogP contribution in [-0.4, -0.2) is 24.4 Å². The van der Waals surface area contributed by atoms with Crippen LogP contribution in [-0.2, 0) is 5.75 Å². The molecule has 10 nitrogen and oxygen atoms in total. The number of nitro benzene ring substituents is 2. The van der Waals surface area contributed by atoms with Crippen molar-refractivity contribution in [3.8, 4) is 5.69 Å². The smallest absolute Gasteiger partial charge is 0.283 e. The van der Waals surface area contributed by atoms with Crippen molar-refractivity contribution >= 4 is 45.1 Å². The molecule has 34 heavy (non-hydrogen) atoms. The molecule has 0 aliphatic rings. The van der Waals surface area contributed by atoms with E-state index in [1.165, 1.54) is 52.7 Å². The maximum atomic E-state index is 13.5. The van der Waals surface area contributed by atoms with E-state index in [0.29, 0.717) is 27.6 Å². The number of H-pyrrole nitrogens is 1. The van der Waals surface area contributed by atoms with E-state index in [4.69, 9.17) is 4.98 Å². The second-order valence-electron chi connectivity index (χ2n) is 7.41. The van der Waals surface area contributed by atoms with Gasteiger partial charge in [0.05, 0.1) is 15.5 Å². The highest BCUT2D eigenvalue weighted by Gasteiger charge is 2.18. The number of hydrogen-bond acceptors (Lipinski definition) is 7. The highest BCUT2D eigenvalue weighted by atomic mass is 32.2. The third kappa shape index (κ3) is 3.77. The molecule has 0 spiro atoms. The second-order valence-corrected chi connectivity index (χ2v) is 8.36. The normalized spacial score (nSPS) is 11.2. The molecule has 0 atom stereocenters. The van der Waals surface area contributed by atoms with Gasteiger partial charge in [-0.05, 0) is 23.8 Å². The van der Waals surface area contributed by atoms with Crippen molar-refractivity contribution in [3.63, 3.8) is 0 Å². The molecule has 2 heterocycles. The molecule has 0 saturated carbocycles. The molecule has 1 N–H and O–H groups in total. The van der Waals surface area contributed by atoms with E-state index in [-0.39, 0.29) is 16.9 Å². The minimum Gasteiger partial charge on any atom is -0.349 e. The number of aromatic nitrogens is 3. The summed E-state index contributed by atoms with van der Waals surface area (Å²) in [6.45, 7) is 0. The van der Waals surface area contributed by atoms with Gasteiger partial charge in [-0.1, -0.05) is 42.1 Å². The van der Waals surface area contributed by atoms with Crippen molar-refractivity contribution < 1.29 is 9.85 Å². The number of benzene rings is 3. The third-order valence-corrected chi connectivity index (χ3v) is 6.34. The first-order chi connectivity index (χ1) is 16.4. The molecule has 168 valence electrons. The largest absolute Gasteiger partial charge is 0.349 e. The minimum absolute atomic E-state index is 0.00474. The SMILES string of the molecule is O=c1c2[nH]c3ccccc3c2nc(SCc2ccc([N+](=O)[O-])cc2)n1-c1ccc([N+](=O)[O-])cc1. The summed E-state index contributed by atoms with van der Waals surface area (Å²) in [7, 11) is 0. The van der Waals surface area contributed by atoms with Crippen LogP contribution in [0.15, 0.2) is 82.7 Å². The molecule has 0 unspecified atom stereocenters. The summed E-state index contributed by atoms with van der Waals surface area (Å²) in [5.41, 5.74) is 2.47.